The quantitative estimate of drug-likeness (QED) is 0.854. The van der Waals surface area contributed by atoms with Crippen LogP contribution in [0.4, 0.5) is 5.69 Å². The van der Waals surface area contributed by atoms with Gasteiger partial charge in [0.05, 0.1) is 6.42 Å². The lowest BCUT2D eigenvalue weighted by Crippen LogP contribution is -2.31. The topological polar surface area (TPSA) is 55.1 Å². The minimum Gasteiger partial charge on any atom is -0.382 e. The standard InChI is InChI=1S/C16H24N2O/c1-2-13-5-3-4-6-15(13)18-14-9-7-12(8-10-14)11-16(17)19/h7-10,13,15,18H,2-6,11H2,1H3,(H2,17,19). The van der Waals surface area contributed by atoms with E-state index in [1.165, 1.54) is 32.1 Å². The SMILES string of the molecule is CCC1CCCCC1Nc1ccc(CC(N)=O)cc1. The number of hydrogen-bond acceptors (Lipinski definition) is 2. The van der Waals surface area contributed by atoms with E-state index in [-0.39, 0.29) is 5.91 Å². The monoisotopic (exact) mass is 260 g/mol. The van der Waals surface area contributed by atoms with Crippen LogP contribution in [0.15, 0.2) is 24.3 Å². The van der Waals surface area contributed by atoms with Crippen LogP contribution in [0.3, 0.4) is 0 Å². The van der Waals surface area contributed by atoms with Crippen molar-refractivity contribution in [2.24, 2.45) is 11.7 Å². The number of amides is 1. The van der Waals surface area contributed by atoms with E-state index in [9.17, 15) is 4.79 Å². The van der Waals surface area contributed by atoms with E-state index in [0.29, 0.717) is 12.5 Å². The van der Waals surface area contributed by atoms with Crippen LogP contribution in [0.1, 0.15) is 44.6 Å². The summed E-state index contributed by atoms with van der Waals surface area (Å²) < 4.78 is 0. The molecular weight excluding hydrogens is 236 g/mol. The highest BCUT2D eigenvalue weighted by Gasteiger charge is 2.23. The Kier molecular flexibility index (Phi) is 4.83. The van der Waals surface area contributed by atoms with Crippen LogP contribution in [-0.2, 0) is 11.2 Å². The van der Waals surface area contributed by atoms with Gasteiger partial charge in [0.2, 0.25) is 5.91 Å². The van der Waals surface area contributed by atoms with Crippen molar-refractivity contribution in [3.63, 3.8) is 0 Å². The lowest BCUT2D eigenvalue weighted by Gasteiger charge is -2.32. The highest BCUT2D eigenvalue weighted by atomic mass is 16.1. The Balaban J connectivity index is 1.96. The molecule has 0 saturated heterocycles. The second-order valence-corrected chi connectivity index (χ2v) is 5.54. The van der Waals surface area contributed by atoms with Crippen LogP contribution in [0.2, 0.25) is 0 Å². The highest BCUT2D eigenvalue weighted by molar-refractivity contribution is 5.76. The number of anilines is 1. The van der Waals surface area contributed by atoms with Crippen LogP contribution in [-0.4, -0.2) is 11.9 Å². The van der Waals surface area contributed by atoms with Crippen molar-refractivity contribution in [2.75, 3.05) is 5.32 Å². The Morgan fingerprint density at radius 1 is 1.26 bits per heavy atom. The minimum atomic E-state index is -0.279. The Hall–Kier alpha value is -1.51. The summed E-state index contributed by atoms with van der Waals surface area (Å²) in [6, 6.07) is 8.67. The normalized spacial score (nSPS) is 23.0. The number of benzene rings is 1. The molecule has 3 nitrogen and oxygen atoms in total. The van der Waals surface area contributed by atoms with Gasteiger partial charge in [0, 0.05) is 11.7 Å². The third kappa shape index (κ3) is 3.98. The average Bonchev–Trinajstić information content (AvgIpc) is 2.41. The van der Waals surface area contributed by atoms with Crippen molar-refractivity contribution in [3.05, 3.63) is 29.8 Å². The number of primary amides is 1. The number of nitrogens with one attached hydrogen (secondary N) is 1. The molecule has 1 aliphatic rings. The largest absolute Gasteiger partial charge is 0.382 e. The number of carbonyl (C=O) groups is 1. The molecule has 1 aliphatic carbocycles. The predicted octanol–water partition coefficient (Wildman–Crippen LogP) is 3.10. The third-order valence-electron chi connectivity index (χ3n) is 4.12. The van der Waals surface area contributed by atoms with Crippen LogP contribution in [0.5, 0.6) is 0 Å². The van der Waals surface area contributed by atoms with Gasteiger partial charge in [-0.15, -0.1) is 0 Å². The second-order valence-electron chi connectivity index (χ2n) is 5.54. The van der Waals surface area contributed by atoms with Crippen molar-refractivity contribution in [1.29, 1.82) is 0 Å². The minimum absolute atomic E-state index is 0.279. The van der Waals surface area contributed by atoms with Crippen molar-refractivity contribution in [3.8, 4) is 0 Å². The van der Waals surface area contributed by atoms with E-state index < -0.39 is 0 Å². The zero-order chi connectivity index (χ0) is 13.7. The lowest BCUT2D eigenvalue weighted by atomic mass is 9.83. The molecule has 0 spiro atoms. The fraction of sp³-hybridized carbons (Fsp3) is 0.562. The molecule has 19 heavy (non-hydrogen) atoms. The van der Waals surface area contributed by atoms with Crippen LogP contribution in [0, 0.1) is 5.92 Å². The maximum atomic E-state index is 10.9. The summed E-state index contributed by atoms with van der Waals surface area (Å²) >= 11 is 0. The van der Waals surface area contributed by atoms with E-state index in [4.69, 9.17) is 5.73 Å². The Labute approximate surface area is 115 Å². The molecule has 1 aromatic rings. The first kappa shape index (κ1) is 13.9. The molecular formula is C16H24N2O. The maximum Gasteiger partial charge on any atom is 0.221 e. The molecule has 0 bridgehead atoms. The fourth-order valence-corrected chi connectivity index (χ4v) is 3.02. The maximum absolute atomic E-state index is 10.9. The molecule has 104 valence electrons. The first-order valence-corrected chi connectivity index (χ1v) is 7.33. The van der Waals surface area contributed by atoms with Crippen molar-refractivity contribution < 1.29 is 4.79 Å². The van der Waals surface area contributed by atoms with Gasteiger partial charge >= 0.3 is 0 Å². The molecule has 3 N–H and O–H groups in total. The van der Waals surface area contributed by atoms with Crippen LogP contribution >= 0.6 is 0 Å². The summed E-state index contributed by atoms with van der Waals surface area (Å²) in [7, 11) is 0. The smallest absolute Gasteiger partial charge is 0.221 e. The van der Waals surface area contributed by atoms with Crippen LogP contribution < -0.4 is 11.1 Å². The summed E-state index contributed by atoms with van der Waals surface area (Å²) in [4.78, 5) is 10.9. The van der Waals surface area contributed by atoms with Gasteiger partial charge < -0.3 is 11.1 Å². The molecule has 0 heterocycles. The molecule has 2 atom stereocenters. The lowest BCUT2D eigenvalue weighted by molar-refractivity contribution is -0.117. The van der Waals surface area contributed by atoms with Gasteiger partial charge in [-0.05, 0) is 36.5 Å². The molecule has 1 amide bonds. The van der Waals surface area contributed by atoms with E-state index in [0.717, 1.165) is 17.2 Å². The molecule has 1 fully saturated rings. The van der Waals surface area contributed by atoms with Crippen molar-refractivity contribution in [2.45, 2.75) is 51.5 Å². The molecule has 0 aromatic heterocycles. The van der Waals surface area contributed by atoms with Crippen LogP contribution in [0.25, 0.3) is 0 Å². The Morgan fingerprint density at radius 2 is 1.95 bits per heavy atom. The number of rotatable bonds is 5. The first-order chi connectivity index (χ1) is 9.19. The molecule has 1 aromatic carbocycles. The number of carbonyl (C=O) groups excluding carboxylic acids is 1. The third-order valence-corrected chi connectivity index (χ3v) is 4.12. The Morgan fingerprint density at radius 3 is 2.58 bits per heavy atom. The van der Waals surface area contributed by atoms with E-state index in [1.54, 1.807) is 0 Å². The summed E-state index contributed by atoms with van der Waals surface area (Å²) in [6.07, 6.45) is 6.87. The van der Waals surface area contributed by atoms with Gasteiger partial charge in [-0.3, -0.25) is 4.79 Å². The summed E-state index contributed by atoms with van der Waals surface area (Å²) in [5, 5.41) is 3.65. The number of hydrogen-bond donors (Lipinski definition) is 2. The van der Waals surface area contributed by atoms with E-state index in [1.807, 2.05) is 12.1 Å². The summed E-state index contributed by atoms with van der Waals surface area (Å²) in [5.41, 5.74) is 7.33. The molecule has 0 radical (unpaired) electrons. The summed E-state index contributed by atoms with van der Waals surface area (Å²) in [6.45, 7) is 2.28. The van der Waals surface area contributed by atoms with E-state index >= 15 is 0 Å². The van der Waals surface area contributed by atoms with Crippen molar-refractivity contribution in [1.82, 2.24) is 0 Å². The molecule has 3 heteroatoms. The molecule has 0 aliphatic heterocycles. The Bertz CT molecular complexity index is 413. The van der Waals surface area contributed by atoms with Gasteiger partial charge in [-0.1, -0.05) is 38.3 Å². The predicted molar refractivity (Wildman–Crippen MR) is 79.0 cm³/mol. The van der Waals surface area contributed by atoms with Gasteiger partial charge in [-0.2, -0.15) is 0 Å². The second kappa shape index (κ2) is 6.60. The van der Waals surface area contributed by atoms with E-state index in [2.05, 4.69) is 24.4 Å². The fourth-order valence-electron chi connectivity index (χ4n) is 3.02. The van der Waals surface area contributed by atoms with Gasteiger partial charge in [0.15, 0.2) is 0 Å². The molecule has 2 unspecified atom stereocenters. The van der Waals surface area contributed by atoms with Gasteiger partial charge in [0.25, 0.3) is 0 Å². The highest BCUT2D eigenvalue weighted by Crippen LogP contribution is 2.29. The zero-order valence-corrected chi connectivity index (χ0v) is 11.7. The van der Waals surface area contributed by atoms with Crippen molar-refractivity contribution >= 4 is 11.6 Å². The zero-order valence-electron chi connectivity index (χ0n) is 11.7. The molecule has 1 saturated carbocycles. The van der Waals surface area contributed by atoms with Gasteiger partial charge in [0.1, 0.15) is 0 Å². The molecule has 2 rings (SSSR count). The average molecular weight is 260 g/mol. The first-order valence-electron chi connectivity index (χ1n) is 7.33. The van der Waals surface area contributed by atoms with Gasteiger partial charge in [-0.25, -0.2) is 0 Å². The summed E-state index contributed by atoms with van der Waals surface area (Å²) in [5.74, 6) is 0.512. The number of nitrogens with two attached hydrogens (primary N) is 1.